The summed E-state index contributed by atoms with van der Waals surface area (Å²) in [5.74, 6) is 1.05. The molecule has 0 heterocycles. The van der Waals surface area contributed by atoms with Crippen LogP contribution in [0.2, 0.25) is 0 Å². The Balaban J connectivity index is 2.44. The zero-order chi connectivity index (χ0) is 12.9. The highest BCUT2D eigenvalue weighted by Gasteiger charge is 2.42. The first-order valence-electron chi connectivity index (χ1n) is 6.47. The summed E-state index contributed by atoms with van der Waals surface area (Å²) in [4.78, 5) is 8.88. The molecule has 1 saturated carbocycles. The number of ether oxygens (including phenoxy) is 1. The fourth-order valence-electron chi connectivity index (χ4n) is 2.02. The van der Waals surface area contributed by atoms with E-state index in [9.17, 15) is 0 Å². The van der Waals surface area contributed by atoms with E-state index < -0.39 is 0 Å². The smallest absolute Gasteiger partial charge is 0.195 e. The van der Waals surface area contributed by atoms with Crippen LogP contribution in [0.3, 0.4) is 0 Å². The zero-order valence-corrected chi connectivity index (χ0v) is 12.0. The van der Waals surface area contributed by atoms with Gasteiger partial charge in [-0.05, 0) is 31.6 Å². The predicted octanol–water partition coefficient (Wildman–Crippen LogP) is 1.67. The predicted molar refractivity (Wildman–Crippen MR) is 72.5 cm³/mol. The molecule has 4 nitrogen and oxygen atoms in total. The van der Waals surface area contributed by atoms with E-state index in [-0.39, 0.29) is 0 Å². The molecule has 0 N–H and O–H groups in total. The Morgan fingerprint density at radius 3 is 2.18 bits per heavy atom. The Morgan fingerprint density at radius 1 is 1.18 bits per heavy atom. The highest BCUT2D eigenvalue weighted by Crippen LogP contribution is 2.49. The van der Waals surface area contributed by atoms with Gasteiger partial charge in [-0.15, -0.1) is 0 Å². The van der Waals surface area contributed by atoms with Crippen molar-refractivity contribution in [2.75, 3.05) is 47.9 Å². The van der Waals surface area contributed by atoms with E-state index in [1.807, 2.05) is 35.1 Å². The zero-order valence-electron chi connectivity index (χ0n) is 12.0. The fraction of sp³-hybridized carbons (Fsp3) is 0.923. The first-order chi connectivity index (χ1) is 8.01. The first kappa shape index (κ1) is 14.3. The summed E-state index contributed by atoms with van der Waals surface area (Å²) in [7, 11) is 8.16. The summed E-state index contributed by atoms with van der Waals surface area (Å²) < 4.78 is 5.44. The summed E-state index contributed by atoms with van der Waals surface area (Å²) in [5.41, 5.74) is 0.437. The summed E-state index contributed by atoms with van der Waals surface area (Å²) in [6.07, 6.45) is 3.76. The molecule has 0 amide bonds. The van der Waals surface area contributed by atoms with E-state index in [4.69, 9.17) is 9.73 Å². The lowest BCUT2D eigenvalue weighted by Crippen LogP contribution is -2.36. The van der Waals surface area contributed by atoms with Crippen molar-refractivity contribution >= 4 is 5.96 Å². The maximum Gasteiger partial charge on any atom is 0.195 e. The van der Waals surface area contributed by atoms with E-state index in [2.05, 4.69) is 9.80 Å². The van der Waals surface area contributed by atoms with Gasteiger partial charge in [0.25, 0.3) is 0 Å². The quantitative estimate of drug-likeness (QED) is 0.402. The fourth-order valence-corrected chi connectivity index (χ4v) is 2.02. The molecule has 0 aromatic heterocycles. The molecular weight excluding hydrogens is 214 g/mol. The molecule has 1 fully saturated rings. The van der Waals surface area contributed by atoms with Gasteiger partial charge in [-0.1, -0.05) is 0 Å². The van der Waals surface area contributed by atoms with Gasteiger partial charge >= 0.3 is 0 Å². The molecular formula is C13H27N3O. The Bertz CT molecular complexity index is 247. The lowest BCUT2D eigenvalue weighted by atomic mass is 10.0. The number of hydrogen-bond acceptors (Lipinski definition) is 2. The van der Waals surface area contributed by atoms with Gasteiger partial charge in [-0.25, -0.2) is 0 Å². The van der Waals surface area contributed by atoms with Gasteiger partial charge in [-0.2, -0.15) is 0 Å². The molecule has 1 aliphatic carbocycles. The van der Waals surface area contributed by atoms with Gasteiger partial charge in [-0.3, -0.25) is 4.99 Å². The molecule has 0 spiro atoms. The molecule has 0 radical (unpaired) electrons. The van der Waals surface area contributed by atoms with E-state index >= 15 is 0 Å². The van der Waals surface area contributed by atoms with Gasteiger partial charge in [0.15, 0.2) is 5.96 Å². The van der Waals surface area contributed by atoms with Gasteiger partial charge < -0.3 is 14.5 Å². The topological polar surface area (TPSA) is 28.1 Å². The summed E-state index contributed by atoms with van der Waals surface area (Å²) in [6, 6.07) is 0. The largest absolute Gasteiger partial charge is 0.382 e. The second-order valence-electron chi connectivity index (χ2n) is 5.35. The van der Waals surface area contributed by atoms with E-state index in [0.717, 1.165) is 32.1 Å². The van der Waals surface area contributed by atoms with Crippen LogP contribution >= 0.6 is 0 Å². The van der Waals surface area contributed by atoms with Gasteiger partial charge in [0.05, 0.1) is 0 Å². The standard InChI is InChI=1S/C13H27N3O/c1-6-17-10-9-13(7-8-13)11-14-12(15(2)3)16(4)5/h6-11H2,1-5H3. The Morgan fingerprint density at radius 2 is 1.76 bits per heavy atom. The average Bonchev–Trinajstić information content (AvgIpc) is 2.98. The molecule has 0 bridgehead atoms. The number of aliphatic imine (C=N–C) groups is 1. The summed E-state index contributed by atoms with van der Waals surface area (Å²) in [6.45, 7) is 4.69. The van der Waals surface area contributed by atoms with Gasteiger partial charge in [0.1, 0.15) is 0 Å². The van der Waals surface area contributed by atoms with Crippen molar-refractivity contribution in [3.63, 3.8) is 0 Å². The normalized spacial score (nSPS) is 16.5. The number of nitrogens with zero attached hydrogens (tertiary/aromatic N) is 3. The summed E-state index contributed by atoms with van der Waals surface area (Å²) in [5, 5.41) is 0. The van der Waals surface area contributed by atoms with Crippen LogP contribution in [-0.2, 0) is 4.74 Å². The van der Waals surface area contributed by atoms with E-state index in [1.165, 1.54) is 12.8 Å². The number of rotatable bonds is 6. The molecule has 1 rings (SSSR count). The van der Waals surface area contributed by atoms with Gasteiger partial charge in [0, 0.05) is 47.9 Å². The van der Waals surface area contributed by atoms with Gasteiger partial charge in [0.2, 0.25) is 0 Å². The SMILES string of the molecule is CCOCCC1(CN=C(N(C)C)N(C)C)CC1. The molecule has 1 aliphatic rings. The summed E-state index contributed by atoms with van der Waals surface area (Å²) >= 11 is 0. The minimum absolute atomic E-state index is 0.437. The van der Waals surface area contributed by atoms with Crippen molar-refractivity contribution in [3.05, 3.63) is 0 Å². The lowest BCUT2D eigenvalue weighted by Gasteiger charge is -2.23. The Hall–Kier alpha value is -0.770. The molecule has 0 aliphatic heterocycles. The Labute approximate surface area is 106 Å². The number of hydrogen-bond donors (Lipinski definition) is 0. The molecule has 0 unspecified atom stereocenters. The highest BCUT2D eigenvalue weighted by molar-refractivity contribution is 5.79. The third-order valence-electron chi connectivity index (χ3n) is 3.29. The second-order valence-corrected chi connectivity index (χ2v) is 5.35. The monoisotopic (exact) mass is 241 g/mol. The molecule has 100 valence electrons. The third kappa shape index (κ3) is 4.54. The molecule has 0 saturated heterocycles. The maximum atomic E-state index is 5.44. The molecule has 4 heteroatoms. The molecule has 17 heavy (non-hydrogen) atoms. The first-order valence-corrected chi connectivity index (χ1v) is 6.47. The van der Waals surface area contributed by atoms with E-state index in [0.29, 0.717) is 5.41 Å². The van der Waals surface area contributed by atoms with Crippen LogP contribution in [0.15, 0.2) is 4.99 Å². The van der Waals surface area contributed by atoms with Crippen LogP contribution in [0.1, 0.15) is 26.2 Å². The third-order valence-corrected chi connectivity index (χ3v) is 3.29. The van der Waals surface area contributed by atoms with Crippen LogP contribution in [0, 0.1) is 5.41 Å². The minimum Gasteiger partial charge on any atom is -0.382 e. The Kier molecular flexibility index (Phi) is 5.25. The van der Waals surface area contributed by atoms with Crippen LogP contribution in [0.4, 0.5) is 0 Å². The maximum absolute atomic E-state index is 5.44. The lowest BCUT2D eigenvalue weighted by molar-refractivity contribution is 0.129. The average molecular weight is 241 g/mol. The van der Waals surface area contributed by atoms with Crippen LogP contribution in [-0.4, -0.2) is 63.7 Å². The van der Waals surface area contributed by atoms with Crippen molar-refractivity contribution in [2.24, 2.45) is 10.4 Å². The van der Waals surface area contributed by atoms with Crippen molar-refractivity contribution in [3.8, 4) is 0 Å². The second kappa shape index (κ2) is 6.24. The minimum atomic E-state index is 0.437. The van der Waals surface area contributed by atoms with Crippen molar-refractivity contribution in [1.29, 1.82) is 0 Å². The van der Waals surface area contributed by atoms with Crippen LogP contribution < -0.4 is 0 Å². The molecule has 0 aromatic carbocycles. The van der Waals surface area contributed by atoms with Crippen molar-refractivity contribution in [2.45, 2.75) is 26.2 Å². The van der Waals surface area contributed by atoms with Crippen molar-refractivity contribution < 1.29 is 4.74 Å². The van der Waals surface area contributed by atoms with E-state index in [1.54, 1.807) is 0 Å². The molecule has 0 aromatic rings. The van der Waals surface area contributed by atoms with Crippen LogP contribution in [0.5, 0.6) is 0 Å². The highest BCUT2D eigenvalue weighted by atomic mass is 16.5. The number of guanidine groups is 1. The van der Waals surface area contributed by atoms with Crippen molar-refractivity contribution in [1.82, 2.24) is 9.80 Å². The van der Waals surface area contributed by atoms with Crippen LogP contribution in [0.25, 0.3) is 0 Å². The molecule has 0 atom stereocenters.